The number of halogens is 3. The van der Waals surface area contributed by atoms with Gasteiger partial charge in [-0.3, -0.25) is 9.59 Å². The van der Waals surface area contributed by atoms with Gasteiger partial charge in [0.2, 0.25) is 5.91 Å². The minimum absolute atomic E-state index is 0.0479. The first-order chi connectivity index (χ1) is 16.0. The van der Waals surface area contributed by atoms with Crippen LogP contribution in [0.3, 0.4) is 0 Å². The third-order valence-corrected chi connectivity index (χ3v) is 6.78. The molecule has 3 aliphatic rings. The number of ether oxygens (including phenoxy) is 1. The van der Waals surface area contributed by atoms with E-state index in [0.29, 0.717) is 51.5 Å². The van der Waals surface area contributed by atoms with E-state index < -0.39 is 23.9 Å². The number of carbonyl (C=O) groups is 3. The molecular weight excluding hydrogens is 457 g/mol. The summed E-state index contributed by atoms with van der Waals surface area (Å²) in [7, 11) is 0. The molecule has 12 heteroatoms. The van der Waals surface area contributed by atoms with E-state index in [-0.39, 0.29) is 11.8 Å². The van der Waals surface area contributed by atoms with E-state index in [4.69, 9.17) is 14.6 Å². The second-order valence-electron chi connectivity index (χ2n) is 8.77. The summed E-state index contributed by atoms with van der Waals surface area (Å²) < 4.78 is 40.3. The fourth-order valence-electron chi connectivity index (χ4n) is 4.61. The Hall–Kier alpha value is -2.63. The maximum absolute atomic E-state index is 12.9. The highest BCUT2D eigenvalue weighted by atomic mass is 19.4. The van der Waals surface area contributed by atoms with Gasteiger partial charge in [-0.1, -0.05) is 6.42 Å². The Morgan fingerprint density at radius 1 is 1.21 bits per heavy atom. The van der Waals surface area contributed by atoms with Gasteiger partial charge in [0.15, 0.2) is 6.10 Å². The number of fused-ring (bicyclic) bond motifs is 2. The molecule has 1 unspecified atom stereocenters. The van der Waals surface area contributed by atoms with E-state index in [2.05, 4.69) is 9.55 Å². The molecular formula is C22H31F3N4O5. The zero-order chi connectivity index (χ0) is 25.1. The summed E-state index contributed by atoms with van der Waals surface area (Å²) in [5, 5.41) is 7.12. The summed E-state index contributed by atoms with van der Waals surface area (Å²) in [5.41, 5.74) is -0.564. The molecule has 1 aliphatic carbocycles. The second kappa shape index (κ2) is 10.3. The number of alkyl halides is 3. The molecule has 0 aromatic carbocycles. The summed E-state index contributed by atoms with van der Waals surface area (Å²) in [4.78, 5) is 42.8. The Morgan fingerprint density at radius 2 is 1.79 bits per heavy atom. The SMILES string of the molecule is CCN(CC)C(=O)C1Cn2ccnc2C2(CCN(C(=O)C3CCC3)CC2)O1.O=C(O)C(F)(F)F. The number of imidazole rings is 1. The Balaban J connectivity index is 0.000000406. The maximum Gasteiger partial charge on any atom is 0.490 e. The van der Waals surface area contributed by atoms with Crippen LogP contribution in [0.1, 0.15) is 51.8 Å². The van der Waals surface area contributed by atoms with Crippen LogP contribution in [0.5, 0.6) is 0 Å². The van der Waals surface area contributed by atoms with Gasteiger partial charge in [0.25, 0.3) is 5.91 Å². The molecule has 3 heterocycles. The summed E-state index contributed by atoms with van der Waals surface area (Å²) >= 11 is 0. The predicted molar refractivity (Wildman–Crippen MR) is 114 cm³/mol. The quantitative estimate of drug-likeness (QED) is 0.698. The van der Waals surface area contributed by atoms with Crippen molar-refractivity contribution in [3.05, 3.63) is 18.2 Å². The number of aliphatic carboxylic acids is 1. The lowest BCUT2D eigenvalue weighted by Crippen LogP contribution is -2.55. The van der Waals surface area contributed by atoms with E-state index in [1.54, 1.807) is 6.20 Å². The van der Waals surface area contributed by atoms with E-state index in [0.717, 1.165) is 18.7 Å². The molecule has 9 nitrogen and oxygen atoms in total. The van der Waals surface area contributed by atoms with Crippen LogP contribution in [0.4, 0.5) is 13.2 Å². The third-order valence-electron chi connectivity index (χ3n) is 6.78. The number of hydrogen-bond acceptors (Lipinski definition) is 5. The monoisotopic (exact) mass is 488 g/mol. The van der Waals surface area contributed by atoms with Gasteiger partial charge in [-0.05, 0) is 26.7 Å². The highest BCUT2D eigenvalue weighted by Gasteiger charge is 2.48. The van der Waals surface area contributed by atoms with Gasteiger partial charge in [-0.15, -0.1) is 0 Å². The lowest BCUT2D eigenvalue weighted by molar-refractivity contribution is -0.192. The Bertz CT molecular complexity index is 887. The van der Waals surface area contributed by atoms with E-state index >= 15 is 0 Å². The number of likely N-dealkylation sites (N-methyl/N-ethyl adjacent to an activating group) is 1. The van der Waals surface area contributed by atoms with Gasteiger partial charge >= 0.3 is 12.1 Å². The number of carboxylic acid groups (broad SMARTS) is 1. The lowest BCUT2D eigenvalue weighted by Gasteiger charge is -2.46. The van der Waals surface area contributed by atoms with Crippen LogP contribution in [-0.4, -0.2) is 80.7 Å². The van der Waals surface area contributed by atoms with Gasteiger partial charge in [-0.25, -0.2) is 9.78 Å². The zero-order valence-corrected chi connectivity index (χ0v) is 19.4. The fraction of sp³-hybridized carbons (Fsp3) is 0.727. The number of carbonyl (C=O) groups excluding carboxylic acids is 2. The first kappa shape index (κ1) is 26.0. The summed E-state index contributed by atoms with van der Waals surface area (Å²) in [6.45, 7) is 7.21. The lowest BCUT2D eigenvalue weighted by atomic mass is 9.82. The van der Waals surface area contributed by atoms with Crippen LogP contribution in [-0.2, 0) is 31.3 Å². The third kappa shape index (κ3) is 5.37. The van der Waals surface area contributed by atoms with Gasteiger partial charge < -0.3 is 24.2 Å². The fourth-order valence-corrected chi connectivity index (χ4v) is 4.61. The number of aromatic nitrogens is 2. The van der Waals surface area contributed by atoms with Crippen molar-refractivity contribution >= 4 is 17.8 Å². The van der Waals surface area contributed by atoms with Crippen molar-refractivity contribution in [1.29, 1.82) is 0 Å². The first-order valence-electron chi connectivity index (χ1n) is 11.6. The molecule has 0 bridgehead atoms. The minimum atomic E-state index is -5.08. The Kier molecular flexibility index (Phi) is 7.89. The maximum atomic E-state index is 12.9. The molecule has 1 spiro atoms. The van der Waals surface area contributed by atoms with Crippen LogP contribution in [0, 0.1) is 5.92 Å². The van der Waals surface area contributed by atoms with Gasteiger partial charge in [0.05, 0.1) is 6.54 Å². The second-order valence-corrected chi connectivity index (χ2v) is 8.77. The molecule has 190 valence electrons. The summed E-state index contributed by atoms with van der Waals surface area (Å²) in [6, 6.07) is 0. The van der Waals surface area contributed by atoms with Crippen molar-refractivity contribution in [1.82, 2.24) is 19.4 Å². The standard InChI is InChI=1S/C20H30N4O3.C2HF3O2/c1-3-22(4-2)18(26)16-14-24-13-10-21-19(24)20(27-16)8-11-23(12-9-20)17(25)15-6-5-7-15;3-2(4,5)1(6)7/h10,13,15-16H,3-9,11-12,14H2,1-2H3;(H,6,7). The van der Waals surface area contributed by atoms with Crippen molar-refractivity contribution < 1.29 is 37.4 Å². The number of hydrogen-bond donors (Lipinski definition) is 1. The molecule has 34 heavy (non-hydrogen) atoms. The molecule has 1 aromatic heterocycles. The molecule has 2 aliphatic heterocycles. The van der Waals surface area contributed by atoms with Crippen molar-refractivity contribution in [2.24, 2.45) is 5.92 Å². The Morgan fingerprint density at radius 3 is 2.26 bits per heavy atom. The Labute approximate surface area is 195 Å². The van der Waals surface area contributed by atoms with E-state index in [1.807, 2.05) is 29.8 Å². The number of carboxylic acids is 1. The molecule has 0 radical (unpaired) electrons. The van der Waals surface area contributed by atoms with Crippen LogP contribution < -0.4 is 0 Å². The number of rotatable bonds is 4. The van der Waals surface area contributed by atoms with Crippen molar-refractivity contribution in [3.8, 4) is 0 Å². The van der Waals surface area contributed by atoms with Gasteiger partial charge in [0, 0.05) is 57.3 Å². The predicted octanol–water partition coefficient (Wildman–Crippen LogP) is 2.40. The largest absolute Gasteiger partial charge is 0.490 e. The number of amides is 2. The van der Waals surface area contributed by atoms with Crippen LogP contribution in [0.25, 0.3) is 0 Å². The number of piperidine rings is 1. The highest BCUT2D eigenvalue weighted by Crippen LogP contribution is 2.41. The molecule has 1 atom stereocenters. The smallest absolute Gasteiger partial charge is 0.475 e. The van der Waals surface area contributed by atoms with Gasteiger partial charge in [0.1, 0.15) is 11.4 Å². The highest BCUT2D eigenvalue weighted by molar-refractivity contribution is 5.81. The van der Waals surface area contributed by atoms with E-state index in [9.17, 15) is 22.8 Å². The van der Waals surface area contributed by atoms with Crippen molar-refractivity contribution in [3.63, 3.8) is 0 Å². The molecule has 4 rings (SSSR count). The molecule has 2 fully saturated rings. The van der Waals surface area contributed by atoms with Crippen molar-refractivity contribution in [2.45, 2.75) is 70.4 Å². The van der Waals surface area contributed by atoms with Gasteiger partial charge in [-0.2, -0.15) is 13.2 Å². The van der Waals surface area contributed by atoms with Crippen molar-refractivity contribution in [2.75, 3.05) is 26.2 Å². The average molecular weight is 489 g/mol. The number of likely N-dealkylation sites (tertiary alicyclic amines) is 1. The topological polar surface area (TPSA) is 105 Å². The average Bonchev–Trinajstić information content (AvgIpc) is 3.23. The molecule has 1 aromatic rings. The molecule has 2 amide bonds. The molecule has 1 saturated heterocycles. The summed E-state index contributed by atoms with van der Waals surface area (Å²) in [5.74, 6) is -1.28. The normalized spacial score (nSPS) is 21.7. The molecule has 1 saturated carbocycles. The van der Waals surface area contributed by atoms with Crippen LogP contribution in [0.2, 0.25) is 0 Å². The van der Waals surface area contributed by atoms with Crippen LogP contribution in [0.15, 0.2) is 12.4 Å². The zero-order valence-electron chi connectivity index (χ0n) is 19.4. The number of nitrogens with zero attached hydrogens (tertiary/aromatic N) is 4. The van der Waals surface area contributed by atoms with Crippen LogP contribution >= 0.6 is 0 Å². The minimum Gasteiger partial charge on any atom is -0.475 e. The first-order valence-corrected chi connectivity index (χ1v) is 11.6. The van der Waals surface area contributed by atoms with E-state index in [1.165, 1.54) is 6.42 Å². The molecule has 1 N–H and O–H groups in total. The summed E-state index contributed by atoms with van der Waals surface area (Å²) in [6.07, 6.45) is 2.79.